The summed E-state index contributed by atoms with van der Waals surface area (Å²) in [6.45, 7) is 2.85. The molecule has 0 amide bonds. The number of carbonyl (C=O) groups is 1. The topological polar surface area (TPSA) is 92.7 Å². The number of sulfonamides is 1. The van der Waals surface area contributed by atoms with E-state index in [1.54, 1.807) is 24.3 Å². The van der Waals surface area contributed by atoms with E-state index >= 15 is 0 Å². The van der Waals surface area contributed by atoms with Gasteiger partial charge in [-0.15, -0.1) is 0 Å². The summed E-state index contributed by atoms with van der Waals surface area (Å²) in [7, 11) is -3.65. The summed E-state index contributed by atoms with van der Waals surface area (Å²) in [5, 5.41) is 8.93. The monoisotopic (exact) mass is 559 g/mol. The van der Waals surface area contributed by atoms with Gasteiger partial charge in [-0.3, -0.25) is 4.79 Å². The first-order valence-corrected chi connectivity index (χ1v) is 15.5. The lowest BCUT2D eigenvalue weighted by molar-refractivity contribution is -0.137. The molecular weight excluding hydrogens is 522 g/mol. The van der Waals surface area contributed by atoms with Crippen molar-refractivity contribution in [1.82, 2.24) is 4.72 Å². The molecule has 5 rings (SSSR count). The van der Waals surface area contributed by atoms with E-state index in [9.17, 15) is 13.2 Å². The van der Waals surface area contributed by atoms with Crippen LogP contribution in [0.1, 0.15) is 43.2 Å². The van der Waals surface area contributed by atoms with Gasteiger partial charge in [0.15, 0.2) is 0 Å². The number of fused-ring (bicyclic) bond motifs is 2. The molecule has 2 bridgehead atoms. The van der Waals surface area contributed by atoms with Crippen molar-refractivity contribution < 1.29 is 23.1 Å². The van der Waals surface area contributed by atoms with Gasteiger partial charge in [0.05, 0.1) is 17.6 Å². The zero-order chi connectivity index (χ0) is 28.2. The van der Waals surface area contributed by atoms with Crippen LogP contribution in [0.2, 0.25) is 0 Å². The average Bonchev–Trinajstić information content (AvgIpc) is 3.53. The fourth-order valence-corrected chi connectivity index (χ4v) is 7.46. The number of aliphatic carboxylic acids is 1. The van der Waals surface area contributed by atoms with E-state index in [0.29, 0.717) is 26.0 Å². The summed E-state index contributed by atoms with van der Waals surface area (Å²) in [6, 6.07) is 25.9. The minimum atomic E-state index is -3.65. The molecule has 2 unspecified atom stereocenters. The Labute approximate surface area is 237 Å². The molecule has 2 aliphatic rings. The minimum Gasteiger partial charge on any atom is -0.481 e. The first-order chi connectivity index (χ1) is 19.3. The Morgan fingerprint density at radius 1 is 1.00 bits per heavy atom. The van der Waals surface area contributed by atoms with E-state index in [2.05, 4.69) is 53.3 Å². The van der Waals surface area contributed by atoms with Crippen LogP contribution in [0.25, 0.3) is 11.1 Å². The number of carboxylic acids is 1. The van der Waals surface area contributed by atoms with E-state index in [-0.39, 0.29) is 34.7 Å². The summed E-state index contributed by atoms with van der Waals surface area (Å²) in [5.74, 6) is -0.575. The number of hydrogen-bond donors (Lipinski definition) is 2. The molecule has 0 aromatic heterocycles. The van der Waals surface area contributed by atoms with Crippen molar-refractivity contribution in [2.75, 3.05) is 13.2 Å². The minimum absolute atomic E-state index is 0.0199. The fraction of sp³-hybridized carbons (Fsp3) is 0.364. The second kappa shape index (κ2) is 12.1. The zero-order valence-corrected chi connectivity index (χ0v) is 23.6. The Morgan fingerprint density at radius 2 is 1.70 bits per heavy atom. The van der Waals surface area contributed by atoms with Crippen molar-refractivity contribution in [3.63, 3.8) is 0 Å². The Balaban J connectivity index is 1.37. The number of allylic oxidation sites excluding steroid dienone is 2. The number of rotatable bonds is 12. The standard InChI is InChI=1S/C33H37NO5S/c1-24-13-19-28(20-14-24)40(37,38)34-22-29-30(11-7-2-3-8-12-32(35)36)33(21-31(29)39-23-33)27-17-15-26(16-18-27)25-9-5-4-6-10-25/h2,4-7,9-10,13-20,29-31,34H,3,8,11-12,21-23H2,1H3,(H,35,36)/b7-2-/t29-,30-,31?,33?/m0/s1. The van der Waals surface area contributed by atoms with Gasteiger partial charge in [0, 0.05) is 24.3 Å². The molecule has 1 aliphatic carbocycles. The number of ether oxygens (including phenoxy) is 1. The van der Waals surface area contributed by atoms with Gasteiger partial charge in [-0.1, -0.05) is 84.4 Å². The van der Waals surface area contributed by atoms with E-state index in [0.717, 1.165) is 24.0 Å². The van der Waals surface area contributed by atoms with Crippen LogP contribution in [0, 0.1) is 18.8 Å². The van der Waals surface area contributed by atoms with Gasteiger partial charge < -0.3 is 9.84 Å². The molecule has 210 valence electrons. The smallest absolute Gasteiger partial charge is 0.303 e. The van der Waals surface area contributed by atoms with Gasteiger partial charge in [0.1, 0.15) is 0 Å². The maximum Gasteiger partial charge on any atom is 0.303 e. The van der Waals surface area contributed by atoms with Gasteiger partial charge >= 0.3 is 5.97 Å². The summed E-state index contributed by atoms with van der Waals surface area (Å²) < 4.78 is 35.4. The highest BCUT2D eigenvalue weighted by Crippen LogP contribution is 2.56. The maximum atomic E-state index is 13.1. The van der Waals surface area contributed by atoms with Crippen LogP contribution in [0.4, 0.5) is 0 Å². The lowest BCUT2D eigenvalue weighted by Gasteiger charge is -2.39. The van der Waals surface area contributed by atoms with E-state index < -0.39 is 16.0 Å². The molecule has 7 heteroatoms. The van der Waals surface area contributed by atoms with Crippen LogP contribution in [0.3, 0.4) is 0 Å². The molecule has 6 nitrogen and oxygen atoms in total. The molecule has 2 fully saturated rings. The molecular formula is C33H37NO5S. The quantitative estimate of drug-likeness (QED) is 0.206. The number of hydrogen-bond acceptors (Lipinski definition) is 4. The highest BCUT2D eigenvalue weighted by atomic mass is 32.2. The zero-order valence-electron chi connectivity index (χ0n) is 22.8. The van der Waals surface area contributed by atoms with Gasteiger partial charge in [-0.25, -0.2) is 13.1 Å². The molecule has 1 heterocycles. The van der Waals surface area contributed by atoms with Crippen molar-refractivity contribution in [3.05, 3.63) is 102 Å². The van der Waals surface area contributed by atoms with Crippen molar-refractivity contribution in [2.45, 2.75) is 55.4 Å². The third-order valence-electron chi connectivity index (χ3n) is 8.55. The molecule has 0 spiro atoms. The second-order valence-corrected chi connectivity index (χ2v) is 12.8. The molecule has 3 aromatic carbocycles. The van der Waals surface area contributed by atoms with E-state index in [1.165, 1.54) is 11.1 Å². The average molecular weight is 560 g/mol. The van der Waals surface area contributed by atoms with Crippen LogP contribution >= 0.6 is 0 Å². The number of nitrogens with one attached hydrogen (secondary N) is 1. The molecule has 1 aliphatic heterocycles. The molecule has 1 saturated carbocycles. The van der Waals surface area contributed by atoms with Crippen LogP contribution in [-0.2, 0) is 25.0 Å². The Hall–Kier alpha value is -3.26. The maximum absolute atomic E-state index is 13.1. The summed E-state index contributed by atoms with van der Waals surface area (Å²) >= 11 is 0. The first-order valence-electron chi connectivity index (χ1n) is 14.0. The van der Waals surface area contributed by atoms with Gasteiger partial charge in [0.2, 0.25) is 10.0 Å². The third kappa shape index (κ3) is 6.07. The normalized spacial score (nSPS) is 24.1. The van der Waals surface area contributed by atoms with Crippen molar-refractivity contribution in [2.24, 2.45) is 11.8 Å². The molecule has 2 N–H and O–H groups in total. The summed E-state index contributed by atoms with van der Waals surface area (Å²) in [5.41, 5.74) is 4.36. The largest absolute Gasteiger partial charge is 0.481 e. The predicted octanol–water partition coefficient (Wildman–Crippen LogP) is 6.11. The van der Waals surface area contributed by atoms with Crippen LogP contribution < -0.4 is 4.72 Å². The number of aryl methyl sites for hydroxylation is 1. The molecule has 4 atom stereocenters. The highest BCUT2D eigenvalue weighted by Gasteiger charge is 2.59. The second-order valence-electron chi connectivity index (χ2n) is 11.1. The van der Waals surface area contributed by atoms with Crippen LogP contribution in [0.15, 0.2) is 95.9 Å². The SMILES string of the molecule is Cc1ccc(S(=O)(=O)NC[C@@H]2C3CC(c4ccc(-c5ccccc5)cc4)(CO3)[C@H]2C/C=C\CCCC(=O)O)cc1. The van der Waals surface area contributed by atoms with Gasteiger partial charge in [-0.05, 0) is 67.3 Å². The predicted molar refractivity (Wildman–Crippen MR) is 157 cm³/mol. The third-order valence-corrected chi connectivity index (χ3v) is 9.99. The van der Waals surface area contributed by atoms with E-state index in [4.69, 9.17) is 9.84 Å². The molecule has 3 aromatic rings. The van der Waals surface area contributed by atoms with Crippen LogP contribution in [0.5, 0.6) is 0 Å². The van der Waals surface area contributed by atoms with Crippen molar-refractivity contribution >= 4 is 16.0 Å². The number of benzene rings is 3. The Kier molecular flexibility index (Phi) is 8.54. The van der Waals surface area contributed by atoms with Crippen molar-refractivity contribution in [3.8, 4) is 11.1 Å². The van der Waals surface area contributed by atoms with Gasteiger partial charge in [-0.2, -0.15) is 0 Å². The summed E-state index contributed by atoms with van der Waals surface area (Å²) in [4.78, 5) is 11.1. The lowest BCUT2D eigenvalue weighted by Crippen LogP contribution is -2.44. The summed E-state index contributed by atoms with van der Waals surface area (Å²) in [6.07, 6.45) is 7.29. The Bertz CT molecular complexity index is 1430. The molecule has 0 radical (unpaired) electrons. The lowest BCUT2D eigenvalue weighted by atomic mass is 9.69. The van der Waals surface area contributed by atoms with Gasteiger partial charge in [0.25, 0.3) is 0 Å². The number of carboxylic acid groups (broad SMARTS) is 1. The molecule has 1 saturated heterocycles. The van der Waals surface area contributed by atoms with Crippen molar-refractivity contribution in [1.29, 1.82) is 0 Å². The fourth-order valence-electron chi connectivity index (χ4n) is 6.39. The van der Waals surface area contributed by atoms with E-state index in [1.807, 2.05) is 25.1 Å². The number of unbranched alkanes of at least 4 members (excludes halogenated alkanes) is 1. The Morgan fingerprint density at radius 3 is 2.40 bits per heavy atom. The van der Waals surface area contributed by atoms with Crippen LogP contribution in [-0.4, -0.2) is 38.7 Å². The molecule has 40 heavy (non-hydrogen) atoms. The highest BCUT2D eigenvalue weighted by molar-refractivity contribution is 7.89. The first kappa shape index (κ1) is 28.3.